The highest BCUT2D eigenvalue weighted by Crippen LogP contribution is 2.46. The van der Waals surface area contributed by atoms with Crippen LogP contribution in [0.15, 0.2) is 88.7 Å². The first kappa shape index (κ1) is 39.2. The molecule has 6 rings (SSSR count). The lowest BCUT2D eigenvalue weighted by Gasteiger charge is -2.34. The zero-order valence-electron chi connectivity index (χ0n) is 32.9. The summed E-state index contributed by atoms with van der Waals surface area (Å²) in [4.78, 5) is 33.0. The van der Waals surface area contributed by atoms with Gasteiger partial charge in [0.15, 0.2) is 12.3 Å². The Morgan fingerprint density at radius 1 is 1.04 bits per heavy atom. The van der Waals surface area contributed by atoms with Gasteiger partial charge in [0.1, 0.15) is 18.2 Å². The van der Waals surface area contributed by atoms with Crippen LogP contribution in [0.4, 0.5) is 5.69 Å². The van der Waals surface area contributed by atoms with E-state index in [1.165, 1.54) is 9.38 Å². The highest BCUT2D eigenvalue weighted by molar-refractivity contribution is 7.19. The number of nitrogens with zero attached hydrogens (tertiary/aromatic N) is 5. The number of carbonyl (C=O) groups is 2. The maximum atomic E-state index is 13.6. The Morgan fingerprint density at radius 3 is 2.36 bits per heavy atom. The quantitative estimate of drug-likeness (QED) is 0.0932. The van der Waals surface area contributed by atoms with Gasteiger partial charge in [0, 0.05) is 61.5 Å². The minimum absolute atomic E-state index is 0.0170. The normalized spacial score (nSPS) is 14.8. The van der Waals surface area contributed by atoms with Gasteiger partial charge in [0.05, 0.1) is 21.5 Å². The number of benzene rings is 2. The van der Waals surface area contributed by atoms with Crippen molar-refractivity contribution in [2.75, 3.05) is 38.2 Å². The zero-order valence-corrected chi connectivity index (χ0v) is 33.7. The molecule has 0 spiro atoms. The number of para-hydroxylation sites is 1. The second kappa shape index (κ2) is 16.0. The van der Waals surface area contributed by atoms with Gasteiger partial charge in [-0.05, 0) is 79.8 Å². The molecule has 0 atom stereocenters. The van der Waals surface area contributed by atoms with E-state index >= 15 is 0 Å². The van der Waals surface area contributed by atoms with Crippen LogP contribution in [0.1, 0.15) is 76.2 Å². The summed E-state index contributed by atoms with van der Waals surface area (Å²) >= 11 is 1.67. The number of allylic oxidation sites excluding steroid dienone is 7. The third-order valence-electron chi connectivity index (χ3n) is 9.96. The Hall–Kier alpha value is -5.55. The van der Waals surface area contributed by atoms with Gasteiger partial charge in [0.2, 0.25) is 11.6 Å². The number of carbonyl (C=O) groups excluding carboxylic acids is 2. The fraction of sp³-hybridized carbons (Fsp3) is 0.341. The van der Waals surface area contributed by atoms with Crippen LogP contribution in [0.2, 0.25) is 0 Å². The molecular formula is C44H49N5O5S. The van der Waals surface area contributed by atoms with E-state index in [1.807, 2.05) is 85.0 Å². The van der Waals surface area contributed by atoms with Gasteiger partial charge in [-0.1, -0.05) is 56.9 Å². The molecular weight excluding hydrogens is 711 g/mol. The number of aryl methyl sites for hydroxylation is 1. The first-order valence-electron chi connectivity index (χ1n) is 18.6. The smallest absolute Gasteiger partial charge is 0.306 e. The summed E-state index contributed by atoms with van der Waals surface area (Å²) in [5, 5.41) is 29.7. The van der Waals surface area contributed by atoms with Crippen molar-refractivity contribution in [2.24, 2.45) is 7.05 Å². The van der Waals surface area contributed by atoms with Crippen LogP contribution in [0, 0.1) is 0 Å². The van der Waals surface area contributed by atoms with E-state index in [-0.39, 0.29) is 46.7 Å². The number of ether oxygens (including phenoxy) is 1. The van der Waals surface area contributed by atoms with Crippen molar-refractivity contribution in [3.8, 4) is 5.88 Å². The standard InChI is InChI=1S/C44H49N5O5S/c1-9-49(31-25-27(2)36(28(3)26-31)37-40(51)38(41(37)52)39-42(44(4,5)6)46-48(8)43(39)53)23-24-54-35(50)15-12-22-47(7)30-19-16-29(17-20-30)18-21-34-45-32-13-10-11-14-33(32)55-34/h10-11,13-14,16-21,25-26H,9,12,15,22-24H2,1-8H3,(H,51,52)/b21-18+. The van der Waals surface area contributed by atoms with Gasteiger partial charge in [-0.3, -0.25) is 9.59 Å². The summed E-state index contributed by atoms with van der Waals surface area (Å²) in [6, 6.07) is 16.5. The first-order valence-corrected chi connectivity index (χ1v) is 19.5. The predicted octanol–water partition coefficient (Wildman–Crippen LogP) is 6.99. The SMILES string of the molecule is CC[N+](CCOC(=O)CCCN(C)c1ccc(/C=C/c2nc3ccccc3s2)cc1)=C1C=C(C)C(=C2C(=O)C(c3c(C(C)(C)C)nn(C)c3O)=C2[O-])C(C)=C1. The van der Waals surface area contributed by atoms with Crippen molar-refractivity contribution in [3.05, 3.63) is 111 Å². The topological polar surface area (TPSA) is 124 Å². The molecule has 0 aliphatic heterocycles. The first-order chi connectivity index (χ1) is 26.2. The van der Waals surface area contributed by atoms with Gasteiger partial charge >= 0.3 is 5.97 Å². The fourth-order valence-corrected chi connectivity index (χ4v) is 7.88. The summed E-state index contributed by atoms with van der Waals surface area (Å²) < 4.78 is 10.2. The molecule has 11 heteroatoms. The molecule has 0 amide bonds. The highest BCUT2D eigenvalue weighted by Gasteiger charge is 2.39. The Labute approximate surface area is 326 Å². The number of likely N-dealkylation sites (N-methyl/N-ethyl adjacent to an activating group) is 1. The van der Waals surface area contributed by atoms with E-state index in [9.17, 15) is 19.8 Å². The van der Waals surface area contributed by atoms with Crippen LogP contribution in [0.5, 0.6) is 5.88 Å². The van der Waals surface area contributed by atoms with Crippen LogP contribution < -0.4 is 10.0 Å². The number of aromatic hydroxyl groups is 1. The Balaban J connectivity index is 1.01. The average Bonchev–Trinajstić information content (AvgIpc) is 3.70. The third-order valence-corrected chi connectivity index (χ3v) is 11.0. The number of rotatable bonds is 12. The lowest BCUT2D eigenvalue weighted by Crippen LogP contribution is -2.32. The number of esters is 1. The maximum Gasteiger partial charge on any atom is 0.306 e. The molecule has 0 fully saturated rings. The Kier molecular flexibility index (Phi) is 11.4. The lowest BCUT2D eigenvalue weighted by atomic mass is 9.74. The number of hydrogen-bond acceptors (Lipinski definition) is 9. The number of anilines is 1. The fourth-order valence-electron chi connectivity index (χ4n) is 7.01. The number of thiazole rings is 1. The minimum Gasteiger partial charge on any atom is -0.871 e. The van der Waals surface area contributed by atoms with Crippen molar-refractivity contribution in [1.82, 2.24) is 14.8 Å². The molecule has 2 heterocycles. The summed E-state index contributed by atoms with van der Waals surface area (Å²) in [5.41, 5.74) is 6.67. The minimum atomic E-state index is -0.481. The highest BCUT2D eigenvalue weighted by atomic mass is 32.1. The van der Waals surface area contributed by atoms with E-state index in [0.717, 1.165) is 38.6 Å². The van der Waals surface area contributed by atoms with Crippen LogP contribution in [-0.4, -0.2) is 75.2 Å². The van der Waals surface area contributed by atoms with Crippen molar-refractivity contribution in [3.63, 3.8) is 0 Å². The molecule has 0 saturated heterocycles. The van der Waals surface area contributed by atoms with Crippen LogP contribution in [-0.2, 0) is 26.8 Å². The van der Waals surface area contributed by atoms with Gasteiger partial charge in [-0.2, -0.15) is 5.10 Å². The molecule has 2 aromatic carbocycles. The number of hydrogen-bond donors (Lipinski definition) is 1. The molecule has 286 valence electrons. The average molecular weight is 760 g/mol. The zero-order chi connectivity index (χ0) is 39.6. The van der Waals surface area contributed by atoms with Crippen molar-refractivity contribution < 1.29 is 29.1 Å². The second-order valence-corrected chi connectivity index (χ2v) is 16.1. The molecule has 2 aliphatic rings. The van der Waals surface area contributed by atoms with E-state index in [0.29, 0.717) is 43.7 Å². The molecule has 55 heavy (non-hydrogen) atoms. The van der Waals surface area contributed by atoms with Crippen molar-refractivity contribution in [2.45, 2.75) is 59.8 Å². The molecule has 10 nitrogen and oxygen atoms in total. The molecule has 2 aromatic heterocycles. The molecule has 0 unspecified atom stereocenters. The molecule has 0 radical (unpaired) electrons. The Bertz CT molecular complexity index is 2290. The predicted molar refractivity (Wildman–Crippen MR) is 219 cm³/mol. The summed E-state index contributed by atoms with van der Waals surface area (Å²) in [6.07, 6.45) is 9.02. The van der Waals surface area contributed by atoms with Crippen molar-refractivity contribution >= 4 is 62.4 Å². The number of Topliss-reactive ketones (excluding diaryl/α,β-unsaturated/α-hetero) is 1. The maximum absolute atomic E-state index is 13.6. The van der Waals surface area contributed by atoms with Gasteiger partial charge in [-0.25, -0.2) is 14.2 Å². The largest absolute Gasteiger partial charge is 0.871 e. The number of ketones is 1. The third kappa shape index (κ3) is 8.27. The monoisotopic (exact) mass is 759 g/mol. The van der Waals surface area contributed by atoms with E-state index < -0.39 is 5.41 Å². The molecule has 4 aromatic rings. The van der Waals surface area contributed by atoms with Gasteiger partial charge in [-0.15, -0.1) is 11.3 Å². The summed E-state index contributed by atoms with van der Waals surface area (Å²) in [5.74, 6) is -1.19. The number of aromatic nitrogens is 3. The molecule has 0 bridgehead atoms. The molecule has 0 saturated carbocycles. The summed E-state index contributed by atoms with van der Waals surface area (Å²) in [6.45, 7) is 13.7. The van der Waals surface area contributed by atoms with E-state index in [4.69, 9.17) is 4.74 Å². The van der Waals surface area contributed by atoms with Crippen LogP contribution in [0.3, 0.4) is 0 Å². The van der Waals surface area contributed by atoms with Crippen LogP contribution in [0.25, 0.3) is 27.9 Å². The van der Waals surface area contributed by atoms with E-state index in [1.54, 1.807) is 18.4 Å². The van der Waals surface area contributed by atoms with Gasteiger partial charge in [0.25, 0.3) is 0 Å². The van der Waals surface area contributed by atoms with Crippen molar-refractivity contribution in [1.29, 1.82) is 0 Å². The second-order valence-electron chi connectivity index (χ2n) is 15.1. The lowest BCUT2D eigenvalue weighted by molar-refractivity contribution is -0.524. The number of fused-ring (bicyclic) bond motifs is 1. The Morgan fingerprint density at radius 2 is 1.73 bits per heavy atom. The summed E-state index contributed by atoms with van der Waals surface area (Å²) in [7, 11) is 3.61. The van der Waals surface area contributed by atoms with E-state index in [2.05, 4.69) is 56.0 Å². The van der Waals surface area contributed by atoms with Gasteiger partial charge < -0.3 is 19.8 Å². The van der Waals surface area contributed by atoms with Crippen LogP contribution >= 0.6 is 11.3 Å². The molecule has 2 aliphatic carbocycles. The molecule has 1 N–H and O–H groups in total.